The molecule has 0 saturated heterocycles. The Morgan fingerprint density at radius 3 is 2.79 bits per heavy atom. The zero-order chi connectivity index (χ0) is 10.6. The Morgan fingerprint density at radius 1 is 1.57 bits per heavy atom. The number of aromatic nitrogens is 1. The highest BCUT2D eigenvalue weighted by atomic mass is 16.5. The highest BCUT2D eigenvalue weighted by Gasteiger charge is 1.99. The van der Waals surface area contributed by atoms with E-state index < -0.39 is 0 Å². The molecular weight excluding hydrogens is 178 g/mol. The predicted octanol–water partition coefficient (Wildman–Crippen LogP) is 2.21. The molecule has 0 bridgehead atoms. The molecule has 0 aliphatic heterocycles. The smallest absolute Gasteiger partial charge is 0.330 e. The summed E-state index contributed by atoms with van der Waals surface area (Å²) in [7, 11) is 0. The predicted molar refractivity (Wildman–Crippen MR) is 55.9 cm³/mol. The molecule has 0 aliphatic rings. The van der Waals surface area contributed by atoms with E-state index in [2.05, 4.69) is 4.98 Å². The Kier molecular flexibility index (Phi) is 3.51. The fraction of sp³-hybridized carbons (Fsp3) is 0.364. The summed E-state index contributed by atoms with van der Waals surface area (Å²) >= 11 is 0. The number of rotatable bonds is 3. The van der Waals surface area contributed by atoms with Crippen molar-refractivity contribution in [2.45, 2.75) is 20.8 Å². The molecule has 0 amide bonds. The van der Waals surface area contributed by atoms with Gasteiger partial charge in [0.2, 0.25) is 0 Å². The third-order valence-corrected chi connectivity index (χ3v) is 1.88. The minimum Gasteiger partial charge on any atom is -0.463 e. The number of carbonyl (C=O) groups excluding carboxylic acids is 1. The maximum Gasteiger partial charge on any atom is 0.330 e. The zero-order valence-corrected chi connectivity index (χ0v) is 8.76. The highest BCUT2D eigenvalue weighted by Crippen LogP contribution is 2.10. The number of esters is 1. The Hall–Kier alpha value is -1.51. The lowest BCUT2D eigenvalue weighted by Crippen LogP contribution is -1.98. The van der Waals surface area contributed by atoms with Gasteiger partial charge < -0.3 is 9.72 Å². The molecule has 0 unspecified atom stereocenters. The van der Waals surface area contributed by atoms with Gasteiger partial charge in [0.15, 0.2) is 0 Å². The van der Waals surface area contributed by atoms with Gasteiger partial charge in [0.25, 0.3) is 0 Å². The van der Waals surface area contributed by atoms with E-state index in [0.29, 0.717) is 6.61 Å². The number of hydrogen-bond donors (Lipinski definition) is 1. The van der Waals surface area contributed by atoms with Crippen LogP contribution in [0.3, 0.4) is 0 Å². The molecule has 0 saturated carbocycles. The molecule has 0 aromatic carbocycles. The second kappa shape index (κ2) is 4.65. The first-order valence-corrected chi connectivity index (χ1v) is 4.64. The van der Waals surface area contributed by atoms with Crippen molar-refractivity contribution in [2.24, 2.45) is 0 Å². The molecule has 0 spiro atoms. The molecule has 1 N–H and O–H groups in total. The van der Waals surface area contributed by atoms with E-state index in [1.807, 2.05) is 19.9 Å². The van der Waals surface area contributed by atoms with E-state index in [0.717, 1.165) is 17.0 Å². The molecule has 3 heteroatoms. The van der Waals surface area contributed by atoms with E-state index in [1.165, 1.54) is 6.08 Å². The van der Waals surface area contributed by atoms with Crippen LogP contribution in [0.15, 0.2) is 12.1 Å². The number of hydrogen-bond acceptors (Lipinski definition) is 2. The van der Waals surface area contributed by atoms with E-state index in [9.17, 15) is 4.79 Å². The summed E-state index contributed by atoms with van der Waals surface area (Å²) in [4.78, 5) is 14.2. The van der Waals surface area contributed by atoms with Gasteiger partial charge in [-0.25, -0.2) is 4.79 Å². The van der Waals surface area contributed by atoms with Crippen molar-refractivity contribution in [1.82, 2.24) is 4.98 Å². The first kappa shape index (κ1) is 10.6. The summed E-state index contributed by atoms with van der Waals surface area (Å²) < 4.78 is 4.77. The average Bonchev–Trinajstić information content (AvgIpc) is 2.42. The van der Waals surface area contributed by atoms with Crippen molar-refractivity contribution in [3.63, 3.8) is 0 Å². The lowest BCUT2D eigenvalue weighted by atomic mass is 10.2. The molecule has 0 atom stereocenters. The molecule has 1 rings (SSSR count). The molecule has 76 valence electrons. The molecule has 0 radical (unpaired) electrons. The topological polar surface area (TPSA) is 42.1 Å². The van der Waals surface area contributed by atoms with Crippen LogP contribution in [0.25, 0.3) is 6.08 Å². The lowest BCUT2D eigenvalue weighted by Gasteiger charge is -1.94. The zero-order valence-electron chi connectivity index (χ0n) is 8.76. The van der Waals surface area contributed by atoms with Crippen LogP contribution >= 0.6 is 0 Å². The Bertz CT molecular complexity index is 350. The van der Waals surface area contributed by atoms with Gasteiger partial charge in [0.1, 0.15) is 0 Å². The van der Waals surface area contributed by atoms with Gasteiger partial charge in [-0.05, 0) is 38.5 Å². The van der Waals surface area contributed by atoms with E-state index in [-0.39, 0.29) is 5.97 Å². The minimum atomic E-state index is -0.300. The Morgan fingerprint density at radius 2 is 2.29 bits per heavy atom. The van der Waals surface area contributed by atoms with Crippen LogP contribution in [0.4, 0.5) is 0 Å². The number of aromatic amines is 1. The van der Waals surface area contributed by atoms with Crippen LogP contribution < -0.4 is 0 Å². The number of ether oxygens (including phenoxy) is 1. The molecule has 0 aliphatic carbocycles. The number of carbonyl (C=O) groups is 1. The first-order chi connectivity index (χ1) is 6.63. The molecule has 3 nitrogen and oxygen atoms in total. The van der Waals surface area contributed by atoms with Crippen LogP contribution in [0.1, 0.15) is 23.9 Å². The molecule has 0 fully saturated rings. The van der Waals surface area contributed by atoms with Gasteiger partial charge in [-0.1, -0.05) is 0 Å². The van der Waals surface area contributed by atoms with Crippen molar-refractivity contribution in [1.29, 1.82) is 0 Å². The van der Waals surface area contributed by atoms with Crippen molar-refractivity contribution in [3.05, 3.63) is 29.1 Å². The number of nitrogens with one attached hydrogen (secondary N) is 1. The highest BCUT2D eigenvalue weighted by molar-refractivity contribution is 5.87. The van der Waals surface area contributed by atoms with Gasteiger partial charge in [0, 0.05) is 17.5 Å². The van der Waals surface area contributed by atoms with Crippen LogP contribution in [0.5, 0.6) is 0 Å². The minimum absolute atomic E-state index is 0.300. The normalized spacial score (nSPS) is 10.8. The van der Waals surface area contributed by atoms with Crippen LogP contribution in [-0.4, -0.2) is 17.6 Å². The average molecular weight is 193 g/mol. The molecular formula is C11H15NO2. The van der Waals surface area contributed by atoms with Gasteiger partial charge >= 0.3 is 5.97 Å². The second-order valence-corrected chi connectivity index (χ2v) is 3.12. The van der Waals surface area contributed by atoms with Crippen molar-refractivity contribution in [2.75, 3.05) is 6.61 Å². The number of H-pyrrole nitrogens is 1. The third kappa shape index (κ3) is 2.76. The number of aryl methyl sites for hydroxylation is 2. The summed E-state index contributed by atoms with van der Waals surface area (Å²) in [6.07, 6.45) is 3.20. The van der Waals surface area contributed by atoms with E-state index in [1.54, 1.807) is 13.0 Å². The Labute approximate surface area is 83.8 Å². The van der Waals surface area contributed by atoms with Gasteiger partial charge in [-0.2, -0.15) is 0 Å². The fourth-order valence-corrected chi connectivity index (χ4v) is 1.27. The van der Waals surface area contributed by atoms with E-state index in [4.69, 9.17) is 4.74 Å². The van der Waals surface area contributed by atoms with Gasteiger partial charge in [-0.3, -0.25) is 0 Å². The van der Waals surface area contributed by atoms with Crippen LogP contribution in [0, 0.1) is 13.8 Å². The van der Waals surface area contributed by atoms with Crippen molar-refractivity contribution in [3.8, 4) is 0 Å². The van der Waals surface area contributed by atoms with Crippen LogP contribution in [0.2, 0.25) is 0 Å². The maximum absolute atomic E-state index is 11.0. The molecule has 1 aromatic rings. The first-order valence-electron chi connectivity index (χ1n) is 4.64. The largest absolute Gasteiger partial charge is 0.463 e. The monoisotopic (exact) mass is 193 g/mol. The van der Waals surface area contributed by atoms with Gasteiger partial charge in [-0.15, -0.1) is 0 Å². The third-order valence-electron chi connectivity index (χ3n) is 1.88. The SMILES string of the molecule is CCOC(=O)C=Cc1cc(C)[nH]c1C. The summed E-state index contributed by atoms with van der Waals surface area (Å²) in [6, 6.07) is 1.99. The fourth-order valence-electron chi connectivity index (χ4n) is 1.27. The quantitative estimate of drug-likeness (QED) is 0.590. The molecule has 1 aromatic heterocycles. The second-order valence-electron chi connectivity index (χ2n) is 3.12. The molecule has 1 heterocycles. The Balaban J connectivity index is 2.68. The van der Waals surface area contributed by atoms with Gasteiger partial charge in [0.05, 0.1) is 6.61 Å². The summed E-state index contributed by atoms with van der Waals surface area (Å²) in [5.41, 5.74) is 3.17. The van der Waals surface area contributed by atoms with Crippen molar-refractivity contribution >= 4 is 12.0 Å². The summed E-state index contributed by atoms with van der Waals surface area (Å²) in [6.45, 7) is 6.15. The molecule has 14 heavy (non-hydrogen) atoms. The van der Waals surface area contributed by atoms with Crippen molar-refractivity contribution < 1.29 is 9.53 Å². The summed E-state index contributed by atoms with van der Waals surface area (Å²) in [5.74, 6) is -0.300. The van der Waals surface area contributed by atoms with Crippen LogP contribution in [-0.2, 0) is 9.53 Å². The van der Waals surface area contributed by atoms with E-state index >= 15 is 0 Å². The lowest BCUT2D eigenvalue weighted by molar-refractivity contribution is -0.137. The summed E-state index contributed by atoms with van der Waals surface area (Å²) in [5, 5.41) is 0. The standard InChI is InChI=1S/C11H15NO2/c1-4-14-11(13)6-5-10-7-8(2)12-9(10)3/h5-7,12H,4H2,1-3H3. The maximum atomic E-state index is 11.0.